The third kappa shape index (κ3) is 6.86. The molecule has 0 fully saturated rings. The highest BCUT2D eigenvalue weighted by atomic mass is 16.2. The molecule has 1 N–H and O–H groups in total. The number of nitrogens with zero attached hydrogens (tertiary/aromatic N) is 3. The van der Waals surface area contributed by atoms with Crippen molar-refractivity contribution >= 4 is 11.8 Å². The lowest BCUT2D eigenvalue weighted by molar-refractivity contribution is -0.146. The molecule has 0 aliphatic rings. The van der Waals surface area contributed by atoms with Crippen LogP contribution in [0.25, 0.3) is 0 Å². The average molecular weight is 254 g/mol. The molecule has 0 aromatic heterocycles. The van der Waals surface area contributed by atoms with E-state index in [0.29, 0.717) is 25.6 Å². The second-order valence-corrected chi connectivity index (χ2v) is 4.79. The summed E-state index contributed by atoms with van der Waals surface area (Å²) in [6.45, 7) is 5.57. The normalized spacial score (nSPS) is 10.3. The Morgan fingerprint density at radius 1 is 1.28 bits per heavy atom. The van der Waals surface area contributed by atoms with Crippen LogP contribution in [0.4, 0.5) is 0 Å². The van der Waals surface area contributed by atoms with Crippen molar-refractivity contribution < 1.29 is 9.59 Å². The number of nitrogens with one attached hydrogen (secondary N) is 1. The molecule has 102 valence electrons. The molecule has 0 saturated carbocycles. The highest BCUT2D eigenvalue weighted by Gasteiger charge is 2.21. The van der Waals surface area contributed by atoms with Crippen LogP contribution in [0.3, 0.4) is 0 Å². The third-order valence-corrected chi connectivity index (χ3v) is 2.21. The van der Waals surface area contributed by atoms with Crippen LogP contribution in [0.1, 0.15) is 13.8 Å². The number of nitriles is 1. The van der Waals surface area contributed by atoms with E-state index < -0.39 is 11.8 Å². The number of amides is 2. The summed E-state index contributed by atoms with van der Waals surface area (Å²) in [5, 5.41) is 10.6. The molecule has 6 nitrogen and oxygen atoms in total. The second kappa shape index (κ2) is 8.48. The zero-order valence-electron chi connectivity index (χ0n) is 11.6. The molecule has 0 radical (unpaired) electrons. The van der Waals surface area contributed by atoms with Crippen molar-refractivity contribution in [3.63, 3.8) is 0 Å². The average Bonchev–Trinajstić information content (AvgIpc) is 2.29. The quantitative estimate of drug-likeness (QED) is 0.520. The smallest absolute Gasteiger partial charge is 0.311 e. The summed E-state index contributed by atoms with van der Waals surface area (Å²) < 4.78 is 0. The molecule has 0 rings (SSSR count). The summed E-state index contributed by atoms with van der Waals surface area (Å²) in [5.41, 5.74) is 0. The number of hydrogen-bond donors (Lipinski definition) is 1. The molecule has 0 bridgehead atoms. The maximum atomic E-state index is 11.9. The molecule has 0 saturated heterocycles. The Kier molecular flexibility index (Phi) is 7.72. The first-order valence-electron chi connectivity index (χ1n) is 5.97. The van der Waals surface area contributed by atoms with Crippen molar-refractivity contribution in [3.05, 3.63) is 0 Å². The van der Waals surface area contributed by atoms with E-state index in [4.69, 9.17) is 5.26 Å². The Morgan fingerprint density at radius 2 is 1.89 bits per heavy atom. The van der Waals surface area contributed by atoms with Crippen molar-refractivity contribution in [2.24, 2.45) is 5.92 Å². The van der Waals surface area contributed by atoms with E-state index in [-0.39, 0.29) is 6.54 Å². The molecule has 0 unspecified atom stereocenters. The van der Waals surface area contributed by atoms with E-state index in [1.165, 1.54) is 4.90 Å². The van der Waals surface area contributed by atoms with Gasteiger partial charge in [-0.15, -0.1) is 0 Å². The van der Waals surface area contributed by atoms with Gasteiger partial charge in [0.15, 0.2) is 0 Å². The SMILES string of the molecule is CC(C)CN(CCN(C)C)C(=O)C(=O)NCC#N. The molecular weight excluding hydrogens is 232 g/mol. The van der Waals surface area contributed by atoms with E-state index in [1.54, 1.807) is 6.07 Å². The summed E-state index contributed by atoms with van der Waals surface area (Å²) in [7, 11) is 3.82. The lowest BCUT2D eigenvalue weighted by atomic mass is 10.2. The van der Waals surface area contributed by atoms with Gasteiger partial charge in [-0.25, -0.2) is 0 Å². The van der Waals surface area contributed by atoms with Crippen molar-refractivity contribution in [1.82, 2.24) is 15.1 Å². The van der Waals surface area contributed by atoms with E-state index in [2.05, 4.69) is 5.32 Å². The topological polar surface area (TPSA) is 76.4 Å². The molecule has 0 aliphatic heterocycles. The fraction of sp³-hybridized carbons (Fsp3) is 0.750. The van der Waals surface area contributed by atoms with Crippen molar-refractivity contribution in [2.45, 2.75) is 13.8 Å². The Labute approximate surface area is 109 Å². The predicted molar refractivity (Wildman–Crippen MR) is 68.6 cm³/mol. The van der Waals surface area contributed by atoms with Crippen LogP contribution in [0.2, 0.25) is 0 Å². The van der Waals surface area contributed by atoms with Crippen LogP contribution < -0.4 is 5.32 Å². The molecule has 0 aromatic carbocycles. The Bertz CT molecular complexity index is 321. The van der Waals surface area contributed by atoms with Gasteiger partial charge in [-0.05, 0) is 20.0 Å². The molecule has 0 atom stereocenters. The van der Waals surface area contributed by atoms with Crippen LogP contribution in [0, 0.1) is 17.2 Å². The highest BCUT2D eigenvalue weighted by Crippen LogP contribution is 2.00. The van der Waals surface area contributed by atoms with Crippen molar-refractivity contribution in [2.75, 3.05) is 40.3 Å². The number of likely N-dealkylation sites (N-methyl/N-ethyl adjacent to an activating group) is 1. The Balaban J connectivity index is 4.48. The van der Waals surface area contributed by atoms with Gasteiger partial charge in [-0.1, -0.05) is 13.8 Å². The molecule has 0 heterocycles. The number of hydrogen-bond acceptors (Lipinski definition) is 4. The Morgan fingerprint density at radius 3 is 2.33 bits per heavy atom. The fourth-order valence-electron chi connectivity index (χ4n) is 1.38. The first-order chi connectivity index (χ1) is 8.38. The van der Waals surface area contributed by atoms with Crippen LogP contribution in [0.5, 0.6) is 0 Å². The Hall–Kier alpha value is -1.61. The third-order valence-electron chi connectivity index (χ3n) is 2.21. The monoisotopic (exact) mass is 254 g/mol. The molecule has 2 amide bonds. The van der Waals surface area contributed by atoms with Crippen LogP contribution in [-0.2, 0) is 9.59 Å². The van der Waals surface area contributed by atoms with Gasteiger partial charge in [0.1, 0.15) is 6.54 Å². The zero-order chi connectivity index (χ0) is 14.1. The highest BCUT2D eigenvalue weighted by molar-refractivity contribution is 6.35. The van der Waals surface area contributed by atoms with Gasteiger partial charge < -0.3 is 15.1 Å². The van der Waals surface area contributed by atoms with E-state index in [0.717, 1.165) is 0 Å². The number of carbonyl (C=O) groups is 2. The predicted octanol–water partition coefficient (Wildman–Crippen LogP) is -0.328. The fourth-order valence-corrected chi connectivity index (χ4v) is 1.38. The van der Waals surface area contributed by atoms with Gasteiger partial charge in [0.2, 0.25) is 0 Å². The summed E-state index contributed by atoms with van der Waals surface area (Å²) in [5.74, 6) is -0.989. The van der Waals surface area contributed by atoms with Gasteiger partial charge in [-0.2, -0.15) is 5.26 Å². The maximum absolute atomic E-state index is 11.9. The molecule has 18 heavy (non-hydrogen) atoms. The summed E-state index contributed by atoms with van der Waals surface area (Å²) >= 11 is 0. The van der Waals surface area contributed by atoms with E-state index >= 15 is 0 Å². The molecule has 0 aliphatic carbocycles. The summed E-state index contributed by atoms with van der Waals surface area (Å²) in [6, 6.07) is 1.77. The van der Waals surface area contributed by atoms with Crippen LogP contribution in [-0.4, -0.2) is 61.9 Å². The van der Waals surface area contributed by atoms with Crippen molar-refractivity contribution in [1.29, 1.82) is 5.26 Å². The maximum Gasteiger partial charge on any atom is 0.311 e. The summed E-state index contributed by atoms with van der Waals surface area (Å²) in [6.07, 6.45) is 0. The zero-order valence-corrected chi connectivity index (χ0v) is 11.6. The van der Waals surface area contributed by atoms with Gasteiger partial charge in [0.05, 0.1) is 6.07 Å². The number of carbonyl (C=O) groups excluding carboxylic acids is 2. The minimum Gasteiger partial charge on any atom is -0.335 e. The largest absolute Gasteiger partial charge is 0.335 e. The van der Waals surface area contributed by atoms with E-state index in [1.807, 2.05) is 32.8 Å². The second-order valence-electron chi connectivity index (χ2n) is 4.79. The van der Waals surface area contributed by atoms with Crippen LogP contribution in [0.15, 0.2) is 0 Å². The number of rotatable bonds is 6. The molecular formula is C12H22N4O2. The van der Waals surface area contributed by atoms with Gasteiger partial charge in [0, 0.05) is 19.6 Å². The van der Waals surface area contributed by atoms with Crippen molar-refractivity contribution in [3.8, 4) is 6.07 Å². The molecule has 6 heteroatoms. The molecule has 0 spiro atoms. The first-order valence-corrected chi connectivity index (χ1v) is 5.97. The van der Waals surface area contributed by atoms with Crippen LogP contribution >= 0.6 is 0 Å². The first kappa shape index (κ1) is 16.4. The lowest BCUT2D eigenvalue weighted by Crippen LogP contribution is -2.46. The van der Waals surface area contributed by atoms with E-state index in [9.17, 15) is 9.59 Å². The molecule has 0 aromatic rings. The van der Waals surface area contributed by atoms with Gasteiger partial charge in [0.25, 0.3) is 0 Å². The van der Waals surface area contributed by atoms with Gasteiger partial charge in [-0.3, -0.25) is 9.59 Å². The van der Waals surface area contributed by atoms with Gasteiger partial charge >= 0.3 is 11.8 Å². The minimum absolute atomic E-state index is 0.145. The lowest BCUT2D eigenvalue weighted by Gasteiger charge is -2.25. The standard InChI is InChI=1S/C12H22N4O2/c1-10(2)9-16(8-7-15(3)4)12(18)11(17)14-6-5-13/h10H,6-9H2,1-4H3,(H,14,17). The summed E-state index contributed by atoms with van der Waals surface area (Å²) in [4.78, 5) is 26.9. The minimum atomic E-state index is -0.712.